The molecule has 1 N–H and O–H groups in total. The number of anilines is 1. The maximum absolute atomic E-state index is 10.9. The van der Waals surface area contributed by atoms with Gasteiger partial charge in [0.15, 0.2) is 0 Å². The van der Waals surface area contributed by atoms with Gasteiger partial charge in [-0.1, -0.05) is 23.2 Å². The molecule has 18 heavy (non-hydrogen) atoms. The molecular weight excluding hydrogens is 277 g/mol. The third kappa shape index (κ3) is 3.73. The Kier molecular flexibility index (Phi) is 5.19. The monoisotopic (exact) mass is 291 g/mol. The number of rotatable bonds is 5. The Morgan fingerprint density at radius 1 is 1.39 bits per heavy atom. The first-order valence-corrected chi connectivity index (χ1v) is 6.12. The average Bonchev–Trinajstić information content (AvgIpc) is 2.29. The van der Waals surface area contributed by atoms with E-state index in [9.17, 15) is 10.1 Å². The van der Waals surface area contributed by atoms with Crippen molar-refractivity contribution in [3.05, 3.63) is 32.3 Å². The molecule has 0 saturated heterocycles. The summed E-state index contributed by atoms with van der Waals surface area (Å²) in [6.07, 6.45) is 0. The van der Waals surface area contributed by atoms with Gasteiger partial charge in [0, 0.05) is 18.7 Å². The highest BCUT2D eigenvalue weighted by atomic mass is 35.5. The maximum atomic E-state index is 10.9. The van der Waals surface area contributed by atoms with Gasteiger partial charge in [-0.3, -0.25) is 10.1 Å². The molecule has 7 heteroatoms. The van der Waals surface area contributed by atoms with Crippen LogP contribution in [-0.4, -0.2) is 36.5 Å². The minimum absolute atomic E-state index is 0.0737. The second kappa shape index (κ2) is 6.22. The van der Waals surface area contributed by atoms with E-state index in [-0.39, 0.29) is 16.8 Å². The van der Waals surface area contributed by atoms with Crippen molar-refractivity contribution in [2.24, 2.45) is 0 Å². The van der Waals surface area contributed by atoms with E-state index in [0.717, 1.165) is 0 Å². The van der Waals surface area contributed by atoms with Gasteiger partial charge in [-0.15, -0.1) is 0 Å². The first kappa shape index (κ1) is 15.0. The normalized spacial score (nSPS) is 12.6. The molecule has 0 aliphatic rings. The molecule has 0 spiro atoms. The molecular formula is C11H15Cl2N3O2. The summed E-state index contributed by atoms with van der Waals surface area (Å²) in [5.74, 6) is 0. The Morgan fingerprint density at radius 3 is 2.44 bits per heavy atom. The Bertz CT molecular complexity index is 452. The Morgan fingerprint density at radius 2 is 1.94 bits per heavy atom. The minimum Gasteiger partial charge on any atom is -0.378 e. The Balaban J connectivity index is 2.93. The van der Waals surface area contributed by atoms with Crippen molar-refractivity contribution in [3.8, 4) is 0 Å². The molecule has 1 rings (SSSR count). The quantitative estimate of drug-likeness (QED) is 0.668. The zero-order chi connectivity index (χ0) is 13.9. The molecule has 0 aliphatic heterocycles. The molecule has 0 fully saturated rings. The lowest BCUT2D eigenvalue weighted by Gasteiger charge is -2.20. The molecule has 1 aromatic carbocycles. The molecule has 0 bridgehead atoms. The number of nitrogens with zero attached hydrogens (tertiary/aromatic N) is 2. The summed E-state index contributed by atoms with van der Waals surface area (Å²) in [4.78, 5) is 12.4. The zero-order valence-electron chi connectivity index (χ0n) is 10.4. The lowest BCUT2D eigenvalue weighted by atomic mass is 10.2. The zero-order valence-corrected chi connectivity index (χ0v) is 11.9. The minimum atomic E-state index is -0.481. The van der Waals surface area contributed by atoms with Crippen molar-refractivity contribution in [2.75, 3.05) is 26.0 Å². The van der Waals surface area contributed by atoms with E-state index in [0.29, 0.717) is 17.3 Å². The second-order valence-electron chi connectivity index (χ2n) is 4.23. The van der Waals surface area contributed by atoms with Crippen LogP contribution in [0.15, 0.2) is 12.1 Å². The lowest BCUT2D eigenvalue weighted by molar-refractivity contribution is -0.383. The molecule has 1 atom stereocenters. The van der Waals surface area contributed by atoms with E-state index in [1.54, 1.807) is 0 Å². The number of hydrogen-bond donors (Lipinski definition) is 1. The molecule has 100 valence electrons. The summed E-state index contributed by atoms with van der Waals surface area (Å²) in [5, 5.41) is 14.4. The van der Waals surface area contributed by atoms with Crippen LogP contribution >= 0.6 is 23.2 Å². The molecule has 0 aliphatic carbocycles. The molecule has 1 unspecified atom stereocenters. The van der Waals surface area contributed by atoms with Crippen LogP contribution in [0.4, 0.5) is 11.4 Å². The van der Waals surface area contributed by atoms with Gasteiger partial charge >= 0.3 is 0 Å². The Hall–Kier alpha value is -1.04. The van der Waals surface area contributed by atoms with Crippen molar-refractivity contribution < 1.29 is 4.92 Å². The number of nitro benzene ring substituents is 1. The van der Waals surface area contributed by atoms with E-state index >= 15 is 0 Å². The fraction of sp³-hybridized carbons (Fsp3) is 0.455. The number of hydrogen-bond acceptors (Lipinski definition) is 4. The van der Waals surface area contributed by atoms with Crippen LogP contribution in [0.3, 0.4) is 0 Å². The highest BCUT2D eigenvalue weighted by Gasteiger charge is 2.17. The molecule has 0 saturated carbocycles. The molecule has 5 nitrogen and oxygen atoms in total. The molecule has 0 radical (unpaired) electrons. The van der Waals surface area contributed by atoms with E-state index < -0.39 is 4.92 Å². The summed E-state index contributed by atoms with van der Waals surface area (Å²) in [6, 6.07) is 2.97. The van der Waals surface area contributed by atoms with Gasteiger partial charge in [-0.05, 0) is 27.1 Å². The van der Waals surface area contributed by atoms with Crippen LogP contribution < -0.4 is 5.32 Å². The van der Waals surface area contributed by atoms with Gasteiger partial charge in [0.2, 0.25) is 0 Å². The van der Waals surface area contributed by atoms with Gasteiger partial charge in [0.05, 0.1) is 15.0 Å². The van der Waals surface area contributed by atoms with Crippen LogP contribution in [0.25, 0.3) is 0 Å². The number of nitro groups is 1. The smallest absolute Gasteiger partial charge is 0.293 e. The highest BCUT2D eigenvalue weighted by molar-refractivity contribution is 6.42. The summed E-state index contributed by atoms with van der Waals surface area (Å²) < 4.78 is 0. The SMILES string of the molecule is CC(CNc1cc(Cl)c(Cl)cc1[N+](=O)[O-])N(C)C. The van der Waals surface area contributed by atoms with Crippen LogP contribution in [0.1, 0.15) is 6.92 Å². The van der Waals surface area contributed by atoms with E-state index in [4.69, 9.17) is 23.2 Å². The second-order valence-corrected chi connectivity index (χ2v) is 5.05. The lowest BCUT2D eigenvalue weighted by Crippen LogP contribution is -2.31. The van der Waals surface area contributed by atoms with Crippen molar-refractivity contribution >= 4 is 34.6 Å². The summed E-state index contributed by atoms with van der Waals surface area (Å²) in [6.45, 7) is 2.59. The Labute approximate surface area is 116 Å². The van der Waals surface area contributed by atoms with Crippen LogP contribution in [0.5, 0.6) is 0 Å². The molecule has 0 amide bonds. The summed E-state index contributed by atoms with van der Waals surface area (Å²) >= 11 is 11.6. The third-order valence-electron chi connectivity index (χ3n) is 2.70. The van der Waals surface area contributed by atoms with E-state index in [2.05, 4.69) is 5.32 Å². The van der Waals surface area contributed by atoms with Gasteiger partial charge in [-0.2, -0.15) is 0 Å². The summed E-state index contributed by atoms with van der Waals surface area (Å²) in [7, 11) is 3.88. The van der Waals surface area contributed by atoms with Crippen molar-refractivity contribution in [2.45, 2.75) is 13.0 Å². The van der Waals surface area contributed by atoms with E-state index in [1.807, 2.05) is 25.9 Å². The number of likely N-dealkylation sites (N-methyl/N-ethyl adjacent to an activating group) is 1. The molecule has 0 heterocycles. The summed E-state index contributed by atoms with van der Waals surface area (Å²) in [5.41, 5.74) is 0.304. The average molecular weight is 292 g/mol. The van der Waals surface area contributed by atoms with Gasteiger partial charge in [-0.25, -0.2) is 0 Å². The van der Waals surface area contributed by atoms with Crippen LogP contribution in [0.2, 0.25) is 10.0 Å². The first-order valence-electron chi connectivity index (χ1n) is 5.36. The highest BCUT2D eigenvalue weighted by Crippen LogP contribution is 2.33. The standard InChI is InChI=1S/C11H15Cl2N3O2/c1-7(15(2)3)6-14-10-4-8(12)9(13)5-11(10)16(17)18/h4-5,7,14H,6H2,1-3H3. The fourth-order valence-electron chi connectivity index (χ4n) is 1.27. The number of nitrogens with one attached hydrogen (secondary N) is 1. The fourth-order valence-corrected chi connectivity index (χ4v) is 1.59. The van der Waals surface area contributed by atoms with E-state index in [1.165, 1.54) is 12.1 Å². The van der Waals surface area contributed by atoms with Gasteiger partial charge < -0.3 is 10.2 Å². The maximum Gasteiger partial charge on any atom is 0.293 e. The molecule has 0 aromatic heterocycles. The predicted octanol–water partition coefficient (Wildman–Crippen LogP) is 3.26. The van der Waals surface area contributed by atoms with Crippen molar-refractivity contribution in [1.29, 1.82) is 0 Å². The first-order chi connectivity index (χ1) is 8.32. The van der Waals surface area contributed by atoms with Crippen LogP contribution in [-0.2, 0) is 0 Å². The van der Waals surface area contributed by atoms with Gasteiger partial charge in [0.25, 0.3) is 5.69 Å². The van der Waals surface area contributed by atoms with Crippen molar-refractivity contribution in [3.63, 3.8) is 0 Å². The predicted molar refractivity (Wildman–Crippen MR) is 74.8 cm³/mol. The van der Waals surface area contributed by atoms with Gasteiger partial charge in [0.1, 0.15) is 5.69 Å². The van der Waals surface area contributed by atoms with Crippen molar-refractivity contribution in [1.82, 2.24) is 4.90 Å². The third-order valence-corrected chi connectivity index (χ3v) is 3.43. The number of benzene rings is 1. The number of halogens is 2. The van der Waals surface area contributed by atoms with Crippen LogP contribution in [0, 0.1) is 10.1 Å². The largest absolute Gasteiger partial charge is 0.378 e. The molecule has 1 aromatic rings. The topological polar surface area (TPSA) is 58.4 Å².